The third-order valence-electron chi connectivity index (χ3n) is 4.47. The van der Waals surface area contributed by atoms with E-state index in [0.717, 1.165) is 5.22 Å². The van der Waals surface area contributed by atoms with Crippen LogP contribution in [-0.4, -0.2) is 22.4 Å². The zero-order valence-corrected chi connectivity index (χ0v) is 17.0. The number of thiazole rings is 1. The first-order chi connectivity index (χ1) is 14.0. The molecule has 0 bridgehead atoms. The Balaban J connectivity index is 1.62. The maximum absolute atomic E-state index is 12.5. The maximum atomic E-state index is 12.5. The molecule has 0 saturated heterocycles. The van der Waals surface area contributed by atoms with Gasteiger partial charge in [0, 0.05) is 21.9 Å². The Morgan fingerprint density at radius 3 is 2.83 bits per heavy atom. The summed E-state index contributed by atoms with van der Waals surface area (Å²) in [5.41, 5.74) is 0.976. The van der Waals surface area contributed by atoms with Crippen LogP contribution >= 0.6 is 35.2 Å². The van der Waals surface area contributed by atoms with Gasteiger partial charge in [-0.3, -0.25) is 9.36 Å². The van der Waals surface area contributed by atoms with Gasteiger partial charge in [0.1, 0.15) is 0 Å². The van der Waals surface area contributed by atoms with Gasteiger partial charge < -0.3 is 14.6 Å². The molecule has 2 aliphatic heterocycles. The second kappa shape index (κ2) is 6.84. The number of amides is 1. The molecule has 0 atom stereocenters. The number of benzene rings is 2. The van der Waals surface area contributed by atoms with E-state index in [4.69, 9.17) is 33.3 Å². The number of hydrogen-bond donors (Lipinski definition) is 1. The van der Waals surface area contributed by atoms with Gasteiger partial charge in [0.05, 0.1) is 15.9 Å². The van der Waals surface area contributed by atoms with Gasteiger partial charge in [0.25, 0.3) is 5.91 Å². The molecule has 2 aliphatic rings. The number of carbonyl (C=O) groups excluding carboxylic acids is 1. The minimum Gasteiger partial charge on any atom is -0.493 e. The molecule has 6 nitrogen and oxygen atoms in total. The molecule has 3 aromatic rings. The summed E-state index contributed by atoms with van der Waals surface area (Å²) in [6, 6.07) is 10.5. The SMILES string of the molecule is O=C1N=c2cc3c(cc2=C/C1=C\c1sc(=S)n(-c2cccc(Cl)c2)c1O)OCO3. The number of fused-ring (bicyclic) bond motifs is 2. The van der Waals surface area contributed by atoms with Crippen LogP contribution in [0.4, 0.5) is 0 Å². The Hall–Kier alpha value is -2.94. The lowest BCUT2D eigenvalue weighted by Crippen LogP contribution is -2.30. The zero-order valence-electron chi connectivity index (χ0n) is 14.6. The van der Waals surface area contributed by atoms with Crippen molar-refractivity contribution in [2.24, 2.45) is 4.99 Å². The third-order valence-corrected chi connectivity index (χ3v) is 6.01. The van der Waals surface area contributed by atoms with Gasteiger partial charge in [-0.25, -0.2) is 4.99 Å². The van der Waals surface area contributed by atoms with Gasteiger partial charge in [-0.15, -0.1) is 11.3 Å². The van der Waals surface area contributed by atoms with Crippen LogP contribution in [0.5, 0.6) is 17.4 Å². The van der Waals surface area contributed by atoms with Crippen molar-refractivity contribution in [1.82, 2.24) is 4.57 Å². The number of ether oxygens (including phenoxy) is 2. The van der Waals surface area contributed by atoms with E-state index in [1.807, 2.05) is 0 Å². The highest BCUT2D eigenvalue weighted by Gasteiger charge is 2.19. The lowest BCUT2D eigenvalue weighted by molar-refractivity contribution is -0.114. The van der Waals surface area contributed by atoms with Crippen molar-refractivity contribution in [1.29, 1.82) is 0 Å². The normalized spacial score (nSPS) is 15.8. The monoisotopic (exact) mass is 442 g/mol. The van der Waals surface area contributed by atoms with Gasteiger partial charge in [-0.05, 0) is 48.6 Å². The molecule has 9 heteroatoms. The molecule has 5 rings (SSSR count). The Morgan fingerprint density at radius 2 is 2.03 bits per heavy atom. The average molecular weight is 443 g/mol. The first-order valence-corrected chi connectivity index (χ1v) is 10.1. The Morgan fingerprint density at radius 1 is 1.24 bits per heavy atom. The standard InChI is InChI=1S/C20H11ClN2O4S2/c21-12-2-1-3-13(7-12)23-19(25)17(29-20(23)28)6-11-4-10-5-15-16(27-9-26-15)8-14(10)22-18(11)24/h1-8,25H,9H2/b11-6+. The Labute approximate surface area is 178 Å². The Kier molecular flexibility index (Phi) is 4.27. The second-order valence-corrected chi connectivity index (χ2v) is 8.41. The van der Waals surface area contributed by atoms with E-state index < -0.39 is 5.91 Å². The van der Waals surface area contributed by atoms with Crippen LogP contribution in [0.3, 0.4) is 0 Å². The van der Waals surface area contributed by atoms with Crippen LogP contribution in [0.2, 0.25) is 5.02 Å². The van der Waals surface area contributed by atoms with E-state index in [1.54, 1.807) is 48.6 Å². The molecular weight excluding hydrogens is 432 g/mol. The third kappa shape index (κ3) is 3.15. The summed E-state index contributed by atoms with van der Waals surface area (Å²) < 4.78 is 12.7. The first kappa shape index (κ1) is 18.1. The van der Waals surface area contributed by atoms with Crippen LogP contribution in [0.25, 0.3) is 17.8 Å². The average Bonchev–Trinajstić information content (AvgIpc) is 3.24. The van der Waals surface area contributed by atoms with Crippen molar-refractivity contribution in [2.45, 2.75) is 0 Å². The summed E-state index contributed by atoms with van der Waals surface area (Å²) in [6.07, 6.45) is 3.29. The molecule has 3 heterocycles. The first-order valence-electron chi connectivity index (χ1n) is 8.46. The van der Waals surface area contributed by atoms with E-state index >= 15 is 0 Å². The molecule has 0 saturated carbocycles. The van der Waals surface area contributed by atoms with E-state index in [1.165, 1.54) is 15.9 Å². The number of nitrogens with zero attached hydrogens (tertiary/aromatic N) is 2. The second-order valence-electron chi connectivity index (χ2n) is 6.30. The van der Waals surface area contributed by atoms with Gasteiger partial charge >= 0.3 is 0 Å². The molecule has 29 heavy (non-hydrogen) atoms. The van der Waals surface area contributed by atoms with Crippen molar-refractivity contribution < 1.29 is 19.4 Å². The molecule has 0 radical (unpaired) electrons. The van der Waals surface area contributed by atoms with Crippen LogP contribution < -0.4 is 20.0 Å². The summed E-state index contributed by atoms with van der Waals surface area (Å²) >= 11 is 12.6. The van der Waals surface area contributed by atoms with Crippen molar-refractivity contribution in [3.8, 4) is 23.1 Å². The van der Waals surface area contributed by atoms with E-state index in [-0.39, 0.29) is 12.7 Å². The Bertz CT molecular complexity index is 1400. The molecular formula is C20H11ClN2O4S2. The fourth-order valence-electron chi connectivity index (χ4n) is 3.13. The number of carbonyl (C=O) groups is 1. The topological polar surface area (TPSA) is 73.1 Å². The number of rotatable bonds is 2. The molecule has 0 unspecified atom stereocenters. The lowest BCUT2D eigenvalue weighted by Gasteiger charge is -2.06. The molecule has 0 aliphatic carbocycles. The van der Waals surface area contributed by atoms with Crippen LogP contribution in [0.15, 0.2) is 47.0 Å². The molecule has 1 N–H and O–H groups in total. The smallest absolute Gasteiger partial charge is 0.277 e. The van der Waals surface area contributed by atoms with Gasteiger partial charge in [-0.1, -0.05) is 17.7 Å². The van der Waals surface area contributed by atoms with Crippen molar-refractivity contribution >= 4 is 53.2 Å². The van der Waals surface area contributed by atoms with E-state index in [9.17, 15) is 9.90 Å². The predicted molar refractivity (Wildman–Crippen MR) is 112 cm³/mol. The summed E-state index contributed by atoms with van der Waals surface area (Å²) in [5.74, 6) is 0.696. The highest BCUT2D eigenvalue weighted by molar-refractivity contribution is 7.73. The van der Waals surface area contributed by atoms with Gasteiger partial charge in [-0.2, -0.15) is 0 Å². The quantitative estimate of drug-likeness (QED) is 0.486. The number of halogens is 1. The highest BCUT2D eigenvalue weighted by Crippen LogP contribution is 2.33. The largest absolute Gasteiger partial charge is 0.493 e. The summed E-state index contributed by atoms with van der Waals surface area (Å²) in [6.45, 7) is 0.142. The molecule has 0 spiro atoms. The fraction of sp³-hybridized carbons (Fsp3) is 0.0500. The summed E-state index contributed by atoms with van der Waals surface area (Å²) in [5, 5.41) is 12.5. The van der Waals surface area contributed by atoms with Gasteiger partial charge in [0.15, 0.2) is 15.5 Å². The zero-order chi connectivity index (χ0) is 20.1. The highest BCUT2D eigenvalue weighted by atomic mass is 35.5. The summed E-state index contributed by atoms with van der Waals surface area (Å²) in [4.78, 5) is 17.1. The van der Waals surface area contributed by atoms with Crippen LogP contribution in [-0.2, 0) is 4.79 Å². The maximum Gasteiger partial charge on any atom is 0.277 e. The van der Waals surface area contributed by atoms with E-state index in [0.29, 0.717) is 42.0 Å². The lowest BCUT2D eigenvalue weighted by atomic mass is 10.1. The minimum atomic E-state index is -0.413. The molecule has 1 amide bonds. The molecule has 0 fully saturated rings. The molecule has 144 valence electrons. The van der Waals surface area contributed by atoms with Crippen molar-refractivity contribution in [2.75, 3.05) is 6.79 Å². The number of hydrogen-bond acceptors (Lipinski definition) is 6. The van der Waals surface area contributed by atoms with Crippen molar-refractivity contribution in [3.63, 3.8) is 0 Å². The fourth-order valence-corrected chi connectivity index (χ4v) is 4.61. The van der Waals surface area contributed by atoms with E-state index in [2.05, 4.69) is 4.99 Å². The molecule has 1 aromatic heterocycles. The minimum absolute atomic E-state index is 0.0625. The van der Waals surface area contributed by atoms with Crippen LogP contribution in [0.1, 0.15) is 4.88 Å². The van der Waals surface area contributed by atoms with Gasteiger partial charge in [0.2, 0.25) is 12.7 Å². The van der Waals surface area contributed by atoms with Crippen LogP contribution in [0, 0.1) is 3.95 Å². The van der Waals surface area contributed by atoms with Crippen molar-refractivity contribution in [3.05, 3.63) is 66.4 Å². The summed E-state index contributed by atoms with van der Waals surface area (Å²) in [7, 11) is 0. The number of aromatic nitrogens is 1. The number of aromatic hydroxyl groups is 1. The predicted octanol–water partition coefficient (Wildman–Crippen LogP) is 3.38. The molecule has 2 aromatic carbocycles.